The average Bonchev–Trinajstić information content (AvgIpc) is 2.39. The summed E-state index contributed by atoms with van der Waals surface area (Å²) < 4.78 is 5.09. The normalized spacial score (nSPS) is 11.3. The molecule has 4 nitrogen and oxygen atoms in total. The van der Waals surface area contributed by atoms with Crippen molar-refractivity contribution in [2.24, 2.45) is 5.73 Å². The first-order valence-corrected chi connectivity index (χ1v) is 6.28. The molecule has 1 aromatic carbocycles. The van der Waals surface area contributed by atoms with Crippen molar-refractivity contribution in [2.45, 2.75) is 32.2 Å². The molecule has 0 aromatic heterocycles. The van der Waals surface area contributed by atoms with Gasteiger partial charge in [0.05, 0.1) is 7.11 Å². The molecule has 0 saturated heterocycles. The molecule has 0 unspecified atom stereocenters. The molecule has 0 heterocycles. The van der Waals surface area contributed by atoms with Crippen molar-refractivity contribution < 1.29 is 9.53 Å². The van der Waals surface area contributed by atoms with Gasteiger partial charge in [0.2, 0.25) is 5.91 Å². The fourth-order valence-electron chi connectivity index (χ4n) is 1.65. The van der Waals surface area contributed by atoms with Gasteiger partial charge in [0.15, 0.2) is 0 Å². The lowest BCUT2D eigenvalue weighted by atomic mass is 10.1. The molecule has 1 rings (SSSR count). The predicted octanol–water partition coefficient (Wildman–Crippen LogP) is 1.90. The zero-order valence-corrected chi connectivity index (χ0v) is 12.3. The molecule has 0 fully saturated rings. The van der Waals surface area contributed by atoms with Crippen LogP contribution in [0.4, 0.5) is 0 Å². The molecular formula is C14H23ClN2O2. The van der Waals surface area contributed by atoms with Crippen LogP contribution in [-0.4, -0.2) is 25.6 Å². The predicted molar refractivity (Wildman–Crippen MR) is 79.8 cm³/mol. The first kappa shape index (κ1) is 17.7. The van der Waals surface area contributed by atoms with Gasteiger partial charge in [0, 0.05) is 19.0 Å². The van der Waals surface area contributed by atoms with Crippen LogP contribution in [0.15, 0.2) is 24.3 Å². The van der Waals surface area contributed by atoms with Crippen LogP contribution < -0.4 is 15.8 Å². The molecule has 0 aliphatic carbocycles. The van der Waals surface area contributed by atoms with Crippen LogP contribution in [0.25, 0.3) is 0 Å². The number of carbonyl (C=O) groups is 1. The number of nitrogens with one attached hydrogen (secondary N) is 1. The van der Waals surface area contributed by atoms with E-state index in [-0.39, 0.29) is 24.4 Å². The van der Waals surface area contributed by atoms with Crippen molar-refractivity contribution in [3.63, 3.8) is 0 Å². The Balaban J connectivity index is 0.00000324. The van der Waals surface area contributed by atoms with E-state index in [2.05, 4.69) is 5.32 Å². The molecule has 19 heavy (non-hydrogen) atoms. The molecule has 0 spiro atoms. The summed E-state index contributed by atoms with van der Waals surface area (Å²) in [6, 6.07) is 7.98. The number of carbonyl (C=O) groups excluding carboxylic acids is 1. The largest absolute Gasteiger partial charge is 0.497 e. The third kappa shape index (κ3) is 7.03. The van der Waals surface area contributed by atoms with Gasteiger partial charge in [-0.2, -0.15) is 0 Å². The van der Waals surface area contributed by atoms with Crippen LogP contribution in [0.2, 0.25) is 0 Å². The Labute approximate surface area is 121 Å². The minimum absolute atomic E-state index is 0. The van der Waals surface area contributed by atoms with E-state index >= 15 is 0 Å². The maximum atomic E-state index is 11.5. The number of halogens is 1. The quantitative estimate of drug-likeness (QED) is 0.805. The van der Waals surface area contributed by atoms with E-state index in [0.29, 0.717) is 13.0 Å². The van der Waals surface area contributed by atoms with Gasteiger partial charge < -0.3 is 15.8 Å². The van der Waals surface area contributed by atoms with Gasteiger partial charge in [-0.25, -0.2) is 0 Å². The average molecular weight is 287 g/mol. The summed E-state index contributed by atoms with van der Waals surface area (Å²) in [5.41, 5.74) is 6.66. The Morgan fingerprint density at radius 3 is 2.53 bits per heavy atom. The van der Waals surface area contributed by atoms with Crippen molar-refractivity contribution in [1.29, 1.82) is 0 Å². The molecule has 108 valence electrons. The minimum Gasteiger partial charge on any atom is -0.497 e. The summed E-state index contributed by atoms with van der Waals surface area (Å²) in [7, 11) is 1.65. The lowest BCUT2D eigenvalue weighted by Gasteiger charge is -2.11. The lowest BCUT2D eigenvalue weighted by molar-refractivity contribution is -0.121. The number of hydrogen-bond donors (Lipinski definition) is 2. The number of aryl methyl sites for hydroxylation is 1. The van der Waals surface area contributed by atoms with E-state index < -0.39 is 0 Å². The van der Waals surface area contributed by atoms with Crippen LogP contribution >= 0.6 is 12.4 Å². The van der Waals surface area contributed by atoms with E-state index in [0.717, 1.165) is 18.6 Å². The van der Waals surface area contributed by atoms with E-state index in [1.54, 1.807) is 7.11 Å². The highest BCUT2D eigenvalue weighted by molar-refractivity contribution is 5.85. The second-order valence-electron chi connectivity index (χ2n) is 4.41. The van der Waals surface area contributed by atoms with E-state index in [1.165, 1.54) is 5.56 Å². The summed E-state index contributed by atoms with van der Waals surface area (Å²) in [5, 5.41) is 2.85. The Morgan fingerprint density at radius 2 is 2.00 bits per heavy atom. The van der Waals surface area contributed by atoms with Gasteiger partial charge >= 0.3 is 0 Å². The van der Waals surface area contributed by atoms with Crippen molar-refractivity contribution in [3.8, 4) is 5.75 Å². The maximum Gasteiger partial charge on any atom is 0.220 e. The van der Waals surface area contributed by atoms with Crippen LogP contribution in [-0.2, 0) is 11.2 Å². The van der Waals surface area contributed by atoms with E-state index in [4.69, 9.17) is 10.5 Å². The third-order valence-corrected chi connectivity index (χ3v) is 2.79. The van der Waals surface area contributed by atoms with E-state index in [1.807, 2.05) is 31.2 Å². The zero-order chi connectivity index (χ0) is 13.4. The highest BCUT2D eigenvalue weighted by Gasteiger charge is 2.05. The summed E-state index contributed by atoms with van der Waals surface area (Å²) in [5.74, 6) is 0.926. The molecule has 1 amide bonds. The minimum atomic E-state index is 0. The standard InChI is InChI=1S/C14H22N2O2.ClH/c1-11(10-15)16-14(17)5-3-4-12-6-8-13(18-2)9-7-12;/h6-9,11H,3-5,10,15H2,1-2H3,(H,16,17);1H/t11-;/m0./s1. The summed E-state index contributed by atoms with van der Waals surface area (Å²) in [4.78, 5) is 11.5. The summed E-state index contributed by atoms with van der Waals surface area (Å²) in [6.45, 7) is 2.38. The number of methoxy groups -OCH3 is 1. The monoisotopic (exact) mass is 286 g/mol. The summed E-state index contributed by atoms with van der Waals surface area (Å²) in [6.07, 6.45) is 2.28. The zero-order valence-electron chi connectivity index (χ0n) is 11.5. The molecule has 5 heteroatoms. The van der Waals surface area contributed by atoms with E-state index in [9.17, 15) is 4.79 Å². The topological polar surface area (TPSA) is 64.3 Å². The number of benzene rings is 1. The van der Waals surface area contributed by atoms with Crippen LogP contribution in [0.3, 0.4) is 0 Å². The molecule has 0 aliphatic rings. The highest BCUT2D eigenvalue weighted by Crippen LogP contribution is 2.13. The Bertz CT molecular complexity index is 368. The molecule has 0 bridgehead atoms. The fourth-order valence-corrected chi connectivity index (χ4v) is 1.65. The maximum absolute atomic E-state index is 11.5. The number of ether oxygens (including phenoxy) is 1. The SMILES string of the molecule is COc1ccc(CCCC(=O)N[C@@H](C)CN)cc1.Cl. The number of amides is 1. The van der Waals surface area contributed by atoms with Crippen molar-refractivity contribution in [1.82, 2.24) is 5.32 Å². The second kappa shape index (κ2) is 9.64. The van der Waals surface area contributed by atoms with Crippen molar-refractivity contribution >= 4 is 18.3 Å². The van der Waals surface area contributed by atoms with Gasteiger partial charge in [0.1, 0.15) is 5.75 Å². The molecule has 1 atom stereocenters. The highest BCUT2D eigenvalue weighted by atomic mass is 35.5. The van der Waals surface area contributed by atoms with Gasteiger partial charge in [-0.1, -0.05) is 12.1 Å². The molecule has 0 aliphatic heterocycles. The summed E-state index contributed by atoms with van der Waals surface area (Å²) >= 11 is 0. The van der Waals surface area contributed by atoms with Crippen LogP contribution in [0.5, 0.6) is 5.75 Å². The number of nitrogens with two attached hydrogens (primary N) is 1. The Kier molecular flexibility index (Phi) is 9.00. The first-order valence-electron chi connectivity index (χ1n) is 6.28. The van der Waals surface area contributed by atoms with Crippen molar-refractivity contribution in [2.75, 3.05) is 13.7 Å². The van der Waals surface area contributed by atoms with Crippen molar-refractivity contribution in [3.05, 3.63) is 29.8 Å². The molecule has 3 N–H and O–H groups in total. The van der Waals surface area contributed by atoms with Gasteiger partial charge in [-0.15, -0.1) is 12.4 Å². The fraction of sp³-hybridized carbons (Fsp3) is 0.500. The number of hydrogen-bond acceptors (Lipinski definition) is 3. The number of rotatable bonds is 7. The smallest absolute Gasteiger partial charge is 0.220 e. The first-order chi connectivity index (χ1) is 8.65. The molecular weight excluding hydrogens is 264 g/mol. The third-order valence-electron chi connectivity index (χ3n) is 2.79. The molecule has 1 aromatic rings. The van der Waals surface area contributed by atoms with Gasteiger partial charge in [0.25, 0.3) is 0 Å². The van der Waals surface area contributed by atoms with Crippen LogP contribution in [0.1, 0.15) is 25.3 Å². The van der Waals surface area contributed by atoms with Gasteiger partial charge in [-0.3, -0.25) is 4.79 Å². The lowest BCUT2D eigenvalue weighted by Crippen LogP contribution is -2.37. The second-order valence-corrected chi connectivity index (χ2v) is 4.41. The van der Waals surface area contributed by atoms with Crippen LogP contribution in [0, 0.1) is 0 Å². The Hall–Kier alpha value is -1.26. The van der Waals surface area contributed by atoms with Gasteiger partial charge in [-0.05, 0) is 37.5 Å². The molecule has 0 saturated carbocycles. The molecule has 0 radical (unpaired) electrons. The Morgan fingerprint density at radius 1 is 1.37 bits per heavy atom.